The lowest BCUT2D eigenvalue weighted by Crippen LogP contribution is -2.09. The Morgan fingerprint density at radius 2 is 2.12 bits per heavy atom. The Kier molecular flexibility index (Phi) is 5.41. The third-order valence-electron chi connectivity index (χ3n) is 2.55. The molecule has 86 valence electrons. The predicted molar refractivity (Wildman–Crippen MR) is 67.5 cm³/mol. The Morgan fingerprint density at radius 1 is 1.44 bits per heavy atom. The molecule has 0 heterocycles. The van der Waals surface area contributed by atoms with Crippen LogP contribution >= 0.6 is 0 Å². The summed E-state index contributed by atoms with van der Waals surface area (Å²) in [6.45, 7) is 3.53. The van der Waals surface area contributed by atoms with Gasteiger partial charge in [-0.1, -0.05) is 18.7 Å². The van der Waals surface area contributed by atoms with Crippen molar-refractivity contribution in [2.45, 2.75) is 25.3 Å². The SMILES string of the molecule is C=C=CCCCC(N)c1ccc(OC)cc1. The zero-order chi connectivity index (χ0) is 11.8. The van der Waals surface area contributed by atoms with Crippen LogP contribution in [-0.4, -0.2) is 7.11 Å². The topological polar surface area (TPSA) is 35.2 Å². The minimum Gasteiger partial charge on any atom is -0.497 e. The van der Waals surface area contributed by atoms with Crippen molar-refractivity contribution in [2.75, 3.05) is 7.11 Å². The van der Waals surface area contributed by atoms with Gasteiger partial charge in [-0.25, -0.2) is 0 Å². The highest BCUT2D eigenvalue weighted by atomic mass is 16.5. The zero-order valence-corrected chi connectivity index (χ0v) is 9.78. The van der Waals surface area contributed by atoms with Gasteiger partial charge in [-0.15, -0.1) is 5.73 Å². The normalized spacial score (nSPS) is 11.6. The van der Waals surface area contributed by atoms with Gasteiger partial charge in [0.05, 0.1) is 7.11 Å². The Labute approximate surface area is 97.4 Å². The van der Waals surface area contributed by atoms with Crippen LogP contribution in [0.1, 0.15) is 30.9 Å². The van der Waals surface area contributed by atoms with Crippen molar-refractivity contribution in [3.05, 3.63) is 48.2 Å². The fraction of sp³-hybridized carbons (Fsp3) is 0.357. The summed E-state index contributed by atoms with van der Waals surface area (Å²) in [5.41, 5.74) is 10.00. The maximum Gasteiger partial charge on any atom is 0.118 e. The smallest absolute Gasteiger partial charge is 0.118 e. The fourth-order valence-electron chi connectivity index (χ4n) is 1.56. The summed E-state index contributed by atoms with van der Waals surface area (Å²) in [6.07, 6.45) is 4.98. The number of ether oxygens (including phenoxy) is 1. The number of unbranched alkanes of at least 4 members (excludes halogenated alkanes) is 1. The van der Waals surface area contributed by atoms with Crippen molar-refractivity contribution in [1.82, 2.24) is 0 Å². The third-order valence-corrected chi connectivity index (χ3v) is 2.55. The van der Waals surface area contributed by atoms with Gasteiger partial charge in [-0.2, -0.15) is 0 Å². The molecule has 16 heavy (non-hydrogen) atoms. The standard InChI is InChI=1S/C14H19NO/c1-3-4-5-6-7-14(15)12-8-10-13(16-2)11-9-12/h4,8-11,14H,1,5-7,15H2,2H3. The second-order valence-electron chi connectivity index (χ2n) is 3.72. The first kappa shape index (κ1) is 12.6. The monoisotopic (exact) mass is 217 g/mol. The molecule has 0 saturated heterocycles. The summed E-state index contributed by atoms with van der Waals surface area (Å²) in [4.78, 5) is 0. The first-order valence-electron chi connectivity index (χ1n) is 5.51. The molecule has 0 spiro atoms. The highest BCUT2D eigenvalue weighted by molar-refractivity contribution is 5.28. The van der Waals surface area contributed by atoms with Gasteiger partial charge in [-0.05, 0) is 43.0 Å². The number of rotatable bonds is 6. The quantitative estimate of drug-likeness (QED) is 0.586. The highest BCUT2D eigenvalue weighted by Gasteiger charge is 2.04. The minimum atomic E-state index is 0.101. The van der Waals surface area contributed by atoms with Crippen LogP contribution in [0.5, 0.6) is 5.75 Å². The average Bonchev–Trinajstić information content (AvgIpc) is 2.34. The lowest BCUT2D eigenvalue weighted by molar-refractivity contribution is 0.414. The lowest BCUT2D eigenvalue weighted by Gasteiger charge is -2.11. The van der Waals surface area contributed by atoms with Gasteiger partial charge in [0, 0.05) is 6.04 Å². The molecule has 1 aromatic rings. The van der Waals surface area contributed by atoms with Crippen molar-refractivity contribution < 1.29 is 4.74 Å². The molecule has 1 atom stereocenters. The second kappa shape index (κ2) is 6.89. The minimum absolute atomic E-state index is 0.101. The van der Waals surface area contributed by atoms with Gasteiger partial charge >= 0.3 is 0 Å². The van der Waals surface area contributed by atoms with Crippen LogP contribution < -0.4 is 10.5 Å². The molecule has 2 nitrogen and oxygen atoms in total. The highest BCUT2D eigenvalue weighted by Crippen LogP contribution is 2.19. The third kappa shape index (κ3) is 3.93. The first-order valence-corrected chi connectivity index (χ1v) is 5.51. The van der Waals surface area contributed by atoms with Crippen molar-refractivity contribution in [1.29, 1.82) is 0 Å². The first-order chi connectivity index (χ1) is 7.77. The van der Waals surface area contributed by atoms with E-state index < -0.39 is 0 Å². The average molecular weight is 217 g/mol. The molecule has 1 unspecified atom stereocenters. The van der Waals surface area contributed by atoms with Crippen LogP contribution in [0.2, 0.25) is 0 Å². The molecule has 0 amide bonds. The summed E-state index contributed by atoms with van der Waals surface area (Å²) >= 11 is 0. The van der Waals surface area contributed by atoms with E-state index >= 15 is 0 Å². The molecule has 0 aliphatic carbocycles. The number of hydrogen-bond acceptors (Lipinski definition) is 2. The van der Waals surface area contributed by atoms with E-state index in [0.29, 0.717) is 0 Å². The fourth-order valence-corrected chi connectivity index (χ4v) is 1.56. The molecule has 0 bridgehead atoms. The van der Waals surface area contributed by atoms with Crippen LogP contribution in [0.3, 0.4) is 0 Å². The molecule has 0 aliphatic heterocycles. The Bertz CT molecular complexity index is 350. The molecule has 0 aromatic heterocycles. The Morgan fingerprint density at radius 3 is 2.69 bits per heavy atom. The van der Waals surface area contributed by atoms with Crippen LogP contribution in [0.4, 0.5) is 0 Å². The maximum atomic E-state index is 6.08. The molecular weight excluding hydrogens is 198 g/mol. The van der Waals surface area contributed by atoms with Crippen molar-refractivity contribution in [2.24, 2.45) is 5.73 Å². The van der Waals surface area contributed by atoms with E-state index in [4.69, 9.17) is 10.5 Å². The predicted octanol–water partition coefficient (Wildman–Crippen LogP) is 3.21. The molecule has 2 N–H and O–H groups in total. The van der Waals surface area contributed by atoms with Crippen molar-refractivity contribution >= 4 is 0 Å². The Hall–Kier alpha value is -1.50. The van der Waals surface area contributed by atoms with E-state index in [9.17, 15) is 0 Å². The molecule has 0 saturated carbocycles. The zero-order valence-electron chi connectivity index (χ0n) is 9.78. The molecule has 1 aromatic carbocycles. The maximum absolute atomic E-state index is 6.08. The number of benzene rings is 1. The van der Waals surface area contributed by atoms with Gasteiger partial charge in [0.15, 0.2) is 0 Å². The van der Waals surface area contributed by atoms with E-state index in [-0.39, 0.29) is 6.04 Å². The molecule has 2 heteroatoms. The van der Waals surface area contributed by atoms with Crippen LogP contribution in [-0.2, 0) is 0 Å². The molecule has 0 fully saturated rings. The molecule has 0 aliphatic rings. The van der Waals surface area contributed by atoms with E-state index in [1.165, 1.54) is 0 Å². The number of hydrogen-bond donors (Lipinski definition) is 1. The lowest BCUT2D eigenvalue weighted by atomic mass is 10.0. The van der Waals surface area contributed by atoms with Gasteiger partial charge < -0.3 is 10.5 Å². The summed E-state index contributed by atoms with van der Waals surface area (Å²) < 4.78 is 5.10. The van der Waals surface area contributed by atoms with E-state index in [2.05, 4.69) is 12.3 Å². The Balaban J connectivity index is 2.45. The van der Waals surface area contributed by atoms with Crippen molar-refractivity contribution in [3.63, 3.8) is 0 Å². The molecule has 1 rings (SSSR count). The van der Waals surface area contributed by atoms with E-state index in [0.717, 1.165) is 30.6 Å². The summed E-state index contributed by atoms with van der Waals surface area (Å²) in [6, 6.07) is 8.03. The number of methoxy groups -OCH3 is 1. The van der Waals surface area contributed by atoms with Gasteiger partial charge in [0.2, 0.25) is 0 Å². The molecular formula is C14H19NO. The summed E-state index contributed by atoms with van der Waals surface area (Å²) in [5.74, 6) is 0.866. The van der Waals surface area contributed by atoms with Crippen molar-refractivity contribution in [3.8, 4) is 5.75 Å². The summed E-state index contributed by atoms with van der Waals surface area (Å²) in [5, 5.41) is 0. The van der Waals surface area contributed by atoms with Crippen LogP contribution in [0, 0.1) is 0 Å². The van der Waals surface area contributed by atoms with Gasteiger partial charge in [0.25, 0.3) is 0 Å². The summed E-state index contributed by atoms with van der Waals surface area (Å²) in [7, 11) is 1.66. The number of allylic oxidation sites excluding steroid dienone is 1. The molecule has 0 radical (unpaired) electrons. The van der Waals surface area contributed by atoms with E-state index in [1.807, 2.05) is 30.3 Å². The van der Waals surface area contributed by atoms with Crippen LogP contribution in [0.25, 0.3) is 0 Å². The van der Waals surface area contributed by atoms with Gasteiger partial charge in [0.1, 0.15) is 5.75 Å². The largest absolute Gasteiger partial charge is 0.497 e. The number of nitrogens with two attached hydrogens (primary N) is 1. The van der Waals surface area contributed by atoms with Crippen LogP contribution in [0.15, 0.2) is 42.7 Å². The van der Waals surface area contributed by atoms with Gasteiger partial charge in [-0.3, -0.25) is 0 Å². The van der Waals surface area contributed by atoms with E-state index in [1.54, 1.807) is 7.11 Å². The second-order valence-corrected chi connectivity index (χ2v) is 3.72.